The Morgan fingerprint density at radius 1 is 1.60 bits per heavy atom. The summed E-state index contributed by atoms with van der Waals surface area (Å²) in [5.74, 6) is 0. The molecule has 0 aromatic carbocycles. The van der Waals surface area contributed by atoms with Crippen molar-refractivity contribution in [3.63, 3.8) is 0 Å². The molecule has 0 aliphatic rings. The molecule has 0 fully saturated rings. The first kappa shape index (κ1) is 5.87. The second kappa shape index (κ2) is 3.07. The van der Waals surface area contributed by atoms with Gasteiger partial charge in [-0.15, -0.1) is 0 Å². The topological polar surface area (TPSA) is 23.8 Å². The van der Waals surface area contributed by atoms with Crippen molar-refractivity contribution in [1.82, 2.24) is 0 Å². The van der Waals surface area contributed by atoms with Crippen LogP contribution in [0.1, 0.15) is 0 Å². The van der Waals surface area contributed by atoms with E-state index in [1.54, 1.807) is 4.09 Å². The van der Waals surface area contributed by atoms with E-state index in [9.17, 15) is 0 Å². The van der Waals surface area contributed by atoms with Crippen LogP contribution in [0.4, 0.5) is 0 Å². The third-order valence-corrected chi connectivity index (χ3v) is 1.70. The van der Waals surface area contributed by atoms with E-state index >= 15 is 0 Å². The van der Waals surface area contributed by atoms with Crippen molar-refractivity contribution in [3.05, 3.63) is 0 Å². The van der Waals surface area contributed by atoms with Gasteiger partial charge in [0.15, 0.2) is 0 Å². The van der Waals surface area contributed by atoms with E-state index in [2.05, 4.69) is 0 Å². The zero-order valence-corrected chi connectivity index (χ0v) is 6.57. The van der Waals surface area contributed by atoms with Gasteiger partial charge < -0.3 is 0 Å². The van der Waals surface area contributed by atoms with Crippen LogP contribution in [-0.2, 0) is 0 Å². The zero-order valence-electron chi connectivity index (χ0n) is 2.20. The van der Waals surface area contributed by atoms with Gasteiger partial charge >= 0.3 is 44.7 Å². The molecular weight excluding hydrogens is 216 g/mol. The number of halogens is 2. The van der Waals surface area contributed by atoms with Gasteiger partial charge in [0.2, 0.25) is 0 Å². The van der Waals surface area contributed by atoms with Crippen molar-refractivity contribution >= 4 is 35.3 Å². The molecule has 0 N–H and O–H groups in total. The molecule has 4 heteroatoms. The Labute approximate surface area is 44.7 Å². The average Bonchev–Trinajstić information content (AvgIpc) is 1.38. The van der Waals surface area contributed by atoms with E-state index in [0.29, 0.717) is 0 Å². The van der Waals surface area contributed by atoms with Gasteiger partial charge in [0, 0.05) is 0 Å². The molecule has 0 amide bonds. The molecule has 27 valence electrons. The monoisotopic (exact) mass is 216 g/mol. The Hall–Kier alpha value is 0.869. The molecule has 0 bridgehead atoms. The molecule has 5 heavy (non-hydrogen) atoms. The Balaban J connectivity index is 2.94. The summed E-state index contributed by atoms with van der Waals surface area (Å²) in [4.78, 5) is 0. The maximum absolute atomic E-state index is 7.72. The van der Waals surface area contributed by atoms with E-state index in [-0.39, 0.29) is 0 Å². The first-order valence-electron chi connectivity index (χ1n) is 0.852. The summed E-state index contributed by atoms with van der Waals surface area (Å²) in [6.45, 7) is 0. The Kier molecular flexibility index (Phi) is 3.61. The molecule has 1 nitrogen and oxygen atoms in total. The van der Waals surface area contributed by atoms with Crippen molar-refractivity contribution in [2.24, 2.45) is 0 Å². The molecule has 0 atom stereocenters. The number of nitrogens with zero attached hydrogens (tertiary/aromatic N) is 1. The Bertz CT molecular complexity index is 55.2. The Morgan fingerprint density at radius 2 is 1.80 bits per heavy atom. The first-order chi connectivity index (χ1) is 2.27. The quantitative estimate of drug-likeness (QED) is 0.554. The molecule has 1 radical (unpaired) electrons. The van der Waals surface area contributed by atoms with E-state index in [0.717, 1.165) is 0 Å². The van der Waals surface area contributed by atoms with Crippen LogP contribution in [0.2, 0.25) is 0 Å². The van der Waals surface area contributed by atoms with Crippen molar-refractivity contribution in [3.8, 4) is 4.09 Å². The van der Waals surface area contributed by atoms with Gasteiger partial charge in [-0.25, -0.2) is 0 Å². The minimum absolute atomic E-state index is 1.76. The van der Waals surface area contributed by atoms with Crippen molar-refractivity contribution in [2.45, 2.75) is 0 Å². The van der Waals surface area contributed by atoms with Crippen LogP contribution in [-0.4, -0.2) is 17.5 Å². The molecule has 0 saturated carbocycles. The molecule has 0 saturated heterocycles. The fraction of sp³-hybridized carbons (Fsp3) is 0. The number of hydrogen-bond donors (Lipinski definition) is 0. The molecule has 0 spiro atoms. The summed E-state index contributed by atoms with van der Waals surface area (Å²) in [7, 11) is 10.1. The van der Waals surface area contributed by atoms with Crippen molar-refractivity contribution < 1.29 is 0 Å². The molecule has 0 aliphatic heterocycles. The van der Waals surface area contributed by atoms with Crippen LogP contribution in [0, 0.1) is 9.35 Å². The summed E-state index contributed by atoms with van der Waals surface area (Å²) in [6.07, 6.45) is 0. The molecular formula is CCl2NSn. The summed E-state index contributed by atoms with van der Waals surface area (Å²) in [6, 6.07) is 0. The summed E-state index contributed by atoms with van der Waals surface area (Å²) in [5, 5.41) is 7.72. The van der Waals surface area contributed by atoms with E-state index < -0.39 is 17.5 Å². The van der Waals surface area contributed by atoms with Gasteiger partial charge in [-0.3, -0.25) is 0 Å². The zero-order chi connectivity index (χ0) is 4.28. The number of rotatable bonds is 0. The van der Waals surface area contributed by atoms with Gasteiger partial charge in [0.05, 0.1) is 0 Å². The third kappa shape index (κ3) is 4.87. The van der Waals surface area contributed by atoms with Crippen LogP contribution >= 0.6 is 17.8 Å². The molecule has 0 aromatic heterocycles. The van der Waals surface area contributed by atoms with Crippen LogP contribution in [0.15, 0.2) is 0 Å². The van der Waals surface area contributed by atoms with E-state index in [1.165, 1.54) is 0 Å². The normalized spacial score (nSPS) is 7.60. The Morgan fingerprint density at radius 3 is 1.80 bits per heavy atom. The van der Waals surface area contributed by atoms with Crippen LogP contribution in [0.25, 0.3) is 0 Å². The standard InChI is InChI=1S/CN.2ClH.Sn/c1-2;;;/h;2*1H;/q;;;+2/p-2. The molecule has 0 aromatic rings. The van der Waals surface area contributed by atoms with Crippen molar-refractivity contribution in [1.29, 1.82) is 5.26 Å². The minimum atomic E-state index is -2.33. The van der Waals surface area contributed by atoms with E-state index in [4.69, 9.17) is 23.1 Å². The van der Waals surface area contributed by atoms with Crippen LogP contribution in [0.3, 0.4) is 0 Å². The second-order valence-corrected chi connectivity index (χ2v) is 8.87. The van der Waals surface area contributed by atoms with E-state index in [1.807, 2.05) is 0 Å². The predicted molar refractivity (Wildman–Crippen MR) is 23.1 cm³/mol. The molecule has 0 rings (SSSR count). The fourth-order valence-corrected chi connectivity index (χ4v) is 0. The predicted octanol–water partition coefficient (Wildman–Crippen LogP) is 1.01. The van der Waals surface area contributed by atoms with Crippen LogP contribution in [0.5, 0.6) is 0 Å². The van der Waals surface area contributed by atoms with Gasteiger partial charge in [-0.1, -0.05) is 0 Å². The number of hydrogen-bond acceptors (Lipinski definition) is 1. The molecule has 0 aliphatic carbocycles. The molecule has 0 unspecified atom stereocenters. The first-order valence-corrected chi connectivity index (χ1v) is 9.51. The third-order valence-electron chi connectivity index (χ3n) is 0.0845. The summed E-state index contributed by atoms with van der Waals surface area (Å²) in [5.41, 5.74) is 0. The molecule has 0 heterocycles. The summed E-state index contributed by atoms with van der Waals surface area (Å²) >= 11 is -2.33. The van der Waals surface area contributed by atoms with Gasteiger partial charge in [-0.05, 0) is 0 Å². The number of nitriles is 1. The SMILES string of the molecule is N#[C][Sn]([Cl])[Cl]. The van der Waals surface area contributed by atoms with Crippen molar-refractivity contribution in [2.75, 3.05) is 0 Å². The van der Waals surface area contributed by atoms with Gasteiger partial charge in [0.25, 0.3) is 0 Å². The van der Waals surface area contributed by atoms with Gasteiger partial charge in [0.1, 0.15) is 0 Å². The summed E-state index contributed by atoms with van der Waals surface area (Å²) < 4.78 is 1.76. The maximum atomic E-state index is 7.72. The fourth-order valence-electron chi connectivity index (χ4n) is 0. The van der Waals surface area contributed by atoms with Gasteiger partial charge in [-0.2, -0.15) is 0 Å². The average molecular weight is 216 g/mol. The van der Waals surface area contributed by atoms with Crippen LogP contribution < -0.4 is 0 Å². The second-order valence-electron chi connectivity index (χ2n) is 0.372.